The number of fused-ring (bicyclic) bond motifs is 1. The summed E-state index contributed by atoms with van der Waals surface area (Å²) in [6.45, 7) is 0.938. The van der Waals surface area contributed by atoms with Gasteiger partial charge in [0.2, 0.25) is 5.91 Å². The number of carbonyl (C=O) groups excluding carboxylic acids is 1. The molecule has 1 saturated carbocycles. The number of nitrogens with zero attached hydrogens (tertiary/aromatic N) is 1. The third-order valence-electron chi connectivity index (χ3n) is 4.62. The summed E-state index contributed by atoms with van der Waals surface area (Å²) in [5.41, 5.74) is 1.13. The molecule has 110 valence electrons. The van der Waals surface area contributed by atoms with Gasteiger partial charge in [-0.3, -0.25) is 4.79 Å². The number of nitrogens with one attached hydrogen (secondary N) is 2. The molecule has 1 aromatic rings. The van der Waals surface area contributed by atoms with Crippen LogP contribution in [0.5, 0.6) is 5.75 Å². The van der Waals surface area contributed by atoms with Crippen LogP contribution in [0.2, 0.25) is 0 Å². The molecule has 1 saturated heterocycles. The molecule has 3 rings (SSSR count). The lowest BCUT2D eigenvalue weighted by Gasteiger charge is -2.18. The zero-order valence-electron chi connectivity index (χ0n) is 12.1. The molecule has 1 aromatic carbocycles. The summed E-state index contributed by atoms with van der Waals surface area (Å²) in [4.78, 5) is 12.5. The van der Waals surface area contributed by atoms with Crippen molar-refractivity contribution in [1.82, 2.24) is 5.32 Å². The van der Waals surface area contributed by atoms with E-state index in [-0.39, 0.29) is 11.9 Å². The Hall–Kier alpha value is -2.06. The number of benzene rings is 1. The van der Waals surface area contributed by atoms with Gasteiger partial charge in [0.15, 0.2) is 0 Å². The van der Waals surface area contributed by atoms with Gasteiger partial charge >= 0.3 is 0 Å². The van der Waals surface area contributed by atoms with E-state index >= 15 is 0 Å². The van der Waals surface area contributed by atoms with Gasteiger partial charge in [0, 0.05) is 6.07 Å². The number of hydrogen-bond donors (Lipinski definition) is 2. The number of methoxy groups -OCH3 is 1. The van der Waals surface area contributed by atoms with Crippen LogP contribution in [-0.4, -0.2) is 25.6 Å². The number of amides is 1. The van der Waals surface area contributed by atoms with Gasteiger partial charge in [-0.25, -0.2) is 0 Å². The normalized spacial score (nSPS) is 27.0. The first kappa shape index (κ1) is 13.9. The third-order valence-corrected chi connectivity index (χ3v) is 4.62. The zero-order valence-corrected chi connectivity index (χ0v) is 12.1. The second-order valence-electron chi connectivity index (χ2n) is 5.76. The molecule has 0 spiro atoms. The maximum Gasteiger partial charge on any atom is 0.241 e. The van der Waals surface area contributed by atoms with Crippen LogP contribution >= 0.6 is 0 Å². The Balaban J connectivity index is 1.74. The third kappa shape index (κ3) is 2.59. The highest BCUT2D eigenvalue weighted by Gasteiger charge is 2.42. The lowest BCUT2D eigenvalue weighted by atomic mass is 9.93. The van der Waals surface area contributed by atoms with E-state index in [0.717, 1.165) is 13.0 Å². The highest BCUT2D eigenvalue weighted by atomic mass is 16.5. The van der Waals surface area contributed by atoms with Gasteiger partial charge in [0.25, 0.3) is 0 Å². The first-order valence-electron chi connectivity index (χ1n) is 7.35. The van der Waals surface area contributed by atoms with E-state index in [4.69, 9.17) is 10.00 Å². The second-order valence-corrected chi connectivity index (χ2v) is 5.76. The first-order chi connectivity index (χ1) is 10.2. The van der Waals surface area contributed by atoms with Gasteiger partial charge in [-0.05, 0) is 43.4 Å². The van der Waals surface area contributed by atoms with Crippen molar-refractivity contribution < 1.29 is 9.53 Å². The smallest absolute Gasteiger partial charge is 0.241 e. The van der Waals surface area contributed by atoms with Crippen LogP contribution in [0, 0.1) is 23.2 Å². The van der Waals surface area contributed by atoms with Gasteiger partial charge in [-0.1, -0.05) is 6.42 Å². The maximum absolute atomic E-state index is 12.5. The average Bonchev–Trinajstić information content (AvgIpc) is 3.10. The minimum absolute atomic E-state index is 0.00703. The summed E-state index contributed by atoms with van der Waals surface area (Å²) in [6.07, 6.45) is 3.57. The van der Waals surface area contributed by atoms with Gasteiger partial charge in [-0.15, -0.1) is 0 Å². The number of rotatable bonds is 3. The fraction of sp³-hybridized carbons (Fsp3) is 0.500. The predicted molar refractivity (Wildman–Crippen MR) is 79.0 cm³/mol. The Morgan fingerprint density at radius 3 is 3.10 bits per heavy atom. The fourth-order valence-corrected chi connectivity index (χ4v) is 3.55. The van der Waals surface area contributed by atoms with Crippen LogP contribution in [-0.2, 0) is 4.79 Å². The number of nitriles is 1. The molecule has 1 aliphatic heterocycles. The molecule has 3 atom stereocenters. The minimum atomic E-state index is -0.113. The minimum Gasteiger partial charge on any atom is -0.495 e. The lowest BCUT2D eigenvalue weighted by Crippen LogP contribution is -2.39. The molecule has 2 N–H and O–H groups in total. The van der Waals surface area contributed by atoms with E-state index in [0.29, 0.717) is 28.8 Å². The summed E-state index contributed by atoms with van der Waals surface area (Å²) in [5, 5.41) is 15.2. The van der Waals surface area contributed by atoms with Crippen molar-refractivity contribution in [2.75, 3.05) is 19.0 Å². The SMILES string of the molecule is COc1cc(C#N)ccc1NC(=O)C1NCC2CCCC21. The van der Waals surface area contributed by atoms with Crippen molar-refractivity contribution in [3.63, 3.8) is 0 Å². The van der Waals surface area contributed by atoms with Crippen molar-refractivity contribution in [1.29, 1.82) is 5.26 Å². The average molecular weight is 285 g/mol. The molecule has 0 radical (unpaired) electrons. The van der Waals surface area contributed by atoms with E-state index in [9.17, 15) is 4.79 Å². The topological polar surface area (TPSA) is 74.1 Å². The summed E-state index contributed by atoms with van der Waals surface area (Å²) in [7, 11) is 1.53. The number of anilines is 1. The molecule has 5 heteroatoms. The predicted octanol–water partition coefficient (Wildman–Crippen LogP) is 1.89. The van der Waals surface area contributed by atoms with Gasteiger partial charge in [0.1, 0.15) is 5.75 Å². The number of hydrogen-bond acceptors (Lipinski definition) is 4. The van der Waals surface area contributed by atoms with Crippen molar-refractivity contribution in [2.45, 2.75) is 25.3 Å². The van der Waals surface area contributed by atoms with E-state index in [1.54, 1.807) is 18.2 Å². The van der Waals surface area contributed by atoms with Crippen molar-refractivity contribution in [2.24, 2.45) is 11.8 Å². The van der Waals surface area contributed by atoms with Crippen LogP contribution in [0.15, 0.2) is 18.2 Å². The molecular formula is C16H19N3O2. The summed E-state index contributed by atoms with van der Waals surface area (Å²) < 4.78 is 5.25. The molecule has 2 fully saturated rings. The fourth-order valence-electron chi connectivity index (χ4n) is 3.55. The Bertz CT molecular complexity index is 594. The van der Waals surface area contributed by atoms with Gasteiger partial charge in [0.05, 0.1) is 30.5 Å². The molecule has 0 bridgehead atoms. The highest BCUT2D eigenvalue weighted by Crippen LogP contribution is 2.38. The standard InChI is InChI=1S/C16H19N3O2/c1-21-14-7-10(8-17)5-6-13(14)19-16(20)15-12-4-2-3-11(12)9-18-15/h5-7,11-12,15,18H,2-4,9H2,1H3,(H,19,20). The van der Waals surface area contributed by atoms with Crippen molar-refractivity contribution >= 4 is 11.6 Å². The van der Waals surface area contributed by atoms with E-state index in [1.807, 2.05) is 0 Å². The molecule has 1 aliphatic carbocycles. The molecular weight excluding hydrogens is 266 g/mol. The Labute approximate surface area is 124 Å². The summed E-state index contributed by atoms with van der Waals surface area (Å²) in [6, 6.07) is 6.98. The first-order valence-corrected chi connectivity index (χ1v) is 7.35. The summed E-state index contributed by atoms with van der Waals surface area (Å²) >= 11 is 0. The highest BCUT2D eigenvalue weighted by molar-refractivity contribution is 5.96. The van der Waals surface area contributed by atoms with Crippen LogP contribution in [0.3, 0.4) is 0 Å². The van der Waals surface area contributed by atoms with Crippen molar-refractivity contribution in [3.8, 4) is 11.8 Å². The zero-order chi connectivity index (χ0) is 14.8. The van der Waals surface area contributed by atoms with Crippen LogP contribution < -0.4 is 15.4 Å². The van der Waals surface area contributed by atoms with E-state index < -0.39 is 0 Å². The molecule has 1 amide bonds. The van der Waals surface area contributed by atoms with Crippen LogP contribution in [0.4, 0.5) is 5.69 Å². The molecule has 3 unspecified atom stereocenters. The largest absolute Gasteiger partial charge is 0.495 e. The number of carbonyl (C=O) groups is 1. The molecule has 21 heavy (non-hydrogen) atoms. The molecule has 0 aromatic heterocycles. The van der Waals surface area contributed by atoms with Crippen LogP contribution in [0.25, 0.3) is 0 Å². The molecule has 5 nitrogen and oxygen atoms in total. The number of ether oxygens (including phenoxy) is 1. The molecule has 1 heterocycles. The van der Waals surface area contributed by atoms with E-state index in [2.05, 4.69) is 16.7 Å². The quantitative estimate of drug-likeness (QED) is 0.889. The monoisotopic (exact) mass is 285 g/mol. The maximum atomic E-state index is 12.5. The summed E-state index contributed by atoms with van der Waals surface area (Å²) in [5.74, 6) is 1.61. The Morgan fingerprint density at radius 1 is 1.48 bits per heavy atom. The van der Waals surface area contributed by atoms with Gasteiger partial charge < -0.3 is 15.4 Å². The van der Waals surface area contributed by atoms with E-state index in [1.165, 1.54) is 20.0 Å². The van der Waals surface area contributed by atoms with Crippen LogP contribution in [0.1, 0.15) is 24.8 Å². The lowest BCUT2D eigenvalue weighted by molar-refractivity contribution is -0.118. The van der Waals surface area contributed by atoms with Crippen molar-refractivity contribution in [3.05, 3.63) is 23.8 Å². The Morgan fingerprint density at radius 2 is 2.33 bits per heavy atom. The molecule has 2 aliphatic rings. The second kappa shape index (κ2) is 5.74. The van der Waals surface area contributed by atoms with Gasteiger partial charge in [-0.2, -0.15) is 5.26 Å². The Kier molecular flexibility index (Phi) is 3.80.